The molecule has 0 aliphatic heterocycles. The fraction of sp³-hybridized carbons (Fsp3) is 0.200. The fourth-order valence-electron chi connectivity index (χ4n) is 4.26. The van der Waals surface area contributed by atoms with Crippen LogP contribution in [0.1, 0.15) is 28.7 Å². The van der Waals surface area contributed by atoms with Gasteiger partial charge in [0.1, 0.15) is 31.6 Å². The molecular weight excluding hydrogens is 609 g/mol. The Kier molecular flexibility index (Phi) is 12.7. The molecule has 0 radical (unpaired) electrons. The van der Waals surface area contributed by atoms with Crippen LogP contribution in [0, 0.1) is 0 Å². The summed E-state index contributed by atoms with van der Waals surface area (Å²) in [4.78, 5) is 50.0. The van der Waals surface area contributed by atoms with Crippen LogP contribution in [0.5, 0.6) is 5.75 Å². The third kappa shape index (κ3) is 11.4. The monoisotopic (exact) mass is 643 g/mol. The fourth-order valence-corrected chi connectivity index (χ4v) is 5.59. The van der Waals surface area contributed by atoms with Crippen LogP contribution in [-0.2, 0) is 59.4 Å². The van der Waals surface area contributed by atoms with Crippen molar-refractivity contribution in [2.24, 2.45) is 0 Å². The second-order valence-electron chi connectivity index (χ2n) is 10.3. The number of benzene rings is 4. The zero-order chi connectivity index (χ0) is 32.6. The molecule has 0 fully saturated rings. The van der Waals surface area contributed by atoms with Crippen molar-refractivity contribution in [3.8, 4) is 5.75 Å². The predicted octanol–water partition coefficient (Wildman–Crippen LogP) is 6.25. The highest BCUT2D eigenvalue weighted by atomic mass is 31.2. The topological polar surface area (TPSA) is 134 Å². The van der Waals surface area contributed by atoms with Crippen molar-refractivity contribution in [3.63, 3.8) is 0 Å². The van der Waals surface area contributed by atoms with Crippen molar-refractivity contribution in [1.29, 1.82) is 0 Å². The van der Waals surface area contributed by atoms with E-state index in [0.29, 0.717) is 5.56 Å². The molecule has 0 spiro atoms. The third-order valence-corrected chi connectivity index (χ3v) is 8.38. The molecule has 0 aromatic heterocycles. The smallest absolute Gasteiger partial charge is 0.408 e. The molecule has 11 heteroatoms. The number of carbonyl (C=O) groups excluding carboxylic acids is 4. The number of esters is 2. The lowest BCUT2D eigenvalue weighted by atomic mass is 10.1. The van der Waals surface area contributed by atoms with E-state index in [2.05, 4.69) is 5.32 Å². The minimum atomic E-state index is -4.00. The lowest BCUT2D eigenvalue weighted by molar-refractivity contribution is -0.147. The molecule has 0 aliphatic carbocycles. The van der Waals surface area contributed by atoms with Gasteiger partial charge in [0.15, 0.2) is 0 Å². The molecule has 0 saturated carbocycles. The summed E-state index contributed by atoms with van der Waals surface area (Å²) in [6.45, 7) is 0.0306. The number of amides is 1. The number of hydrogen-bond donors (Lipinski definition) is 1. The molecule has 46 heavy (non-hydrogen) atoms. The van der Waals surface area contributed by atoms with Gasteiger partial charge in [-0.2, -0.15) is 0 Å². The molecule has 238 valence electrons. The Balaban J connectivity index is 1.36. The summed E-state index contributed by atoms with van der Waals surface area (Å²) in [7, 11) is -4.00. The van der Waals surface area contributed by atoms with E-state index in [0.717, 1.165) is 16.7 Å². The Hall–Kier alpha value is -5.21. The van der Waals surface area contributed by atoms with E-state index >= 15 is 0 Å². The molecule has 2 atom stereocenters. The van der Waals surface area contributed by atoms with Crippen molar-refractivity contribution >= 4 is 31.4 Å². The summed E-state index contributed by atoms with van der Waals surface area (Å²) in [5.74, 6) is -1.17. The standard InChI is InChI=1S/C35H34NO9P/c37-26-46(41,45-31-18-10-17-30(21-31)22-33(38)42-23-27-11-4-1-5-12-27)20-19-32(34(39)43-24-28-13-6-2-7-14-28)36-35(40)44-25-29-15-8-3-9-16-29/h1-18,21,26,32H,19-20,22-25H2,(H,36,40)/t32-,46?/m1/s1. The largest absolute Gasteiger partial charge is 0.461 e. The highest BCUT2D eigenvalue weighted by molar-refractivity contribution is 7.74. The lowest BCUT2D eigenvalue weighted by Crippen LogP contribution is -2.42. The SMILES string of the molecule is O=CP(=O)(CC[C@@H](NC(=O)OCc1ccccc1)C(=O)OCc1ccccc1)Oc1cccc(CC(=O)OCc2ccccc2)c1. The summed E-state index contributed by atoms with van der Waals surface area (Å²) >= 11 is 0. The van der Waals surface area contributed by atoms with E-state index in [4.69, 9.17) is 18.7 Å². The number of ether oxygens (including phenoxy) is 3. The molecule has 0 aliphatic rings. The zero-order valence-corrected chi connectivity index (χ0v) is 25.9. The van der Waals surface area contributed by atoms with E-state index in [1.54, 1.807) is 60.7 Å². The molecule has 10 nitrogen and oxygen atoms in total. The first-order valence-electron chi connectivity index (χ1n) is 14.5. The third-order valence-electron chi connectivity index (χ3n) is 6.65. The molecule has 4 aromatic rings. The van der Waals surface area contributed by atoms with Crippen molar-refractivity contribution < 1.29 is 42.5 Å². The molecule has 1 unspecified atom stereocenters. The van der Waals surface area contributed by atoms with Gasteiger partial charge < -0.3 is 24.1 Å². The molecule has 4 rings (SSSR count). The van der Waals surface area contributed by atoms with Crippen LogP contribution in [-0.4, -0.2) is 36.3 Å². The zero-order valence-electron chi connectivity index (χ0n) is 25.0. The van der Waals surface area contributed by atoms with Gasteiger partial charge in [-0.15, -0.1) is 0 Å². The number of rotatable bonds is 16. The normalized spacial score (nSPS) is 12.5. The Morgan fingerprint density at radius 1 is 0.674 bits per heavy atom. The second-order valence-corrected chi connectivity index (χ2v) is 12.6. The van der Waals surface area contributed by atoms with Gasteiger partial charge in [0.05, 0.1) is 6.42 Å². The summed E-state index contributed by atoms with van der Waals surface area (Å²) < 4.78 is 35.1. The molecule has 4 aromatic carbocycles. The van der Waals surface area contributed by atoms with Crippen LogP contribution in [0.2, 0.25) is 0 Å². The number of carbonyl (C=O) groups is 4. The number of hydrogen-bond acceptors (Lipinski definition) is 9. The van der Waals surface area contributed by atoms with Crippen LogP contribution in [0.4, 0.5) is 4.79 Å². The van der Waals surface area contributed by atoms with Gasteiger partial charge in [0.25, 0.3) is 0 Å². The highest BCUT2D eigenvalue weighted by Crippen LogP contribution is 2.45. The Labute approximate surface area is 267 Å². The summed E-state index contributed by atoms with van der Waals surface area (Å²) in [6, 6.07) is 32.3. The van der Waals surface area contributed by atoms with Gasteiger partial charge in [0.2, 0.25) is 6.03 Å². The van der Waals surface area contributed by atoms with Gasteiger partial charge >= 0.3 is 25.4 Å². The van der Waals surface area contributed by atoms with Crippen LogP contribution in [0.15, 0.2) is 115 Å². The van der Waals surface area contributed by atoms with E-state index in [9.17, 15) is 23.7 Å². The van der Waals surface area contributed by atoms with Gasteiger partial charge in [-0.3, -0.25) is 14.2 Å². The van der Waals surface area contributed by atoms with E-state index in [1.165, 1.54) is 12.1 Å². The molecule has 0 saturated heterocycles. The lowest BCUT2D eigenvalue weighted by Gasteiger charge is -2.20. The van der Waals surface area contributed by atoms with Crippen LogP contribution < -0.4 is 9.84 Å². The van der Waals surface area contributed by atoms with Gasteiger partial charge in [-0.05, 0) is 40.8 Å². The molecule has 1 N–H and O–H groups in total. The van der Waals surface area contributed by atoms with Crippen molar-refractivity contribution in [2.75, 3.05) is 6.16 Å². The van der Waals surface area contributed by atoms with Crippen molar-refractivity contribution in [1.82, 2.24) is 5.32 Å². The highest BCUT2D eigenvalue weighted by Gasteiger charge is 2.30. The number of alkyl carbamates (subject to hydrolysis) is 1. The maximum absolute atomic E-state index is 13.5. The Morgan fingerprint density at radius 2 is 1.20 bits per heavy atom. The summed E-state index contributed by atoms with van der Waals surface area (Å²) in [5, 5.41) is 2.46. The number of nitrogens with one attached hydrogen (secondary N) is 1. The van der Waals surface area contributed by atoms with Crippen LogP contribution in [0.3, 0.4) is 0 Å². The van der Waals surface area contributed by atoms with Crippen molar-refractivity contribution in [3.05, 3.63) is 138 Å². The van der Waals surface area contributed by atoms with Gasteiger partial charge in [-0.25, -0.2) is 9.59 Å². The quantitative estimate of drug-likeness (QED) is 0.0651. The maximum Gasteiger partial charge on any atom is 0.408 e. The second kappa shape index (κ2) is 17.3. The average Bonchev–Trinajstić information content (AvgIpc) is 3.08. The van der Waals surface area contributed by atoms with Crippen molar-refractivity contribution in [2.45, 2.75) is 38.7 Å². The van der Waals surface area contributed by atoms with E-state index < -0.39 is 31.4 Å². The predicted molar refractivity (Wildman–Crippen MR) is 171 cm³/mol. The van der Waals surface area contributed by atoms with E-state index in [1.807, 2.05) is 42.5 Å². The van der Waals surface area contributed by atoms with Gasteiger partial charge in [0, 0.05) is 6.16 Å². The molecule has 0 bridgehead atoms. The molecule has 1 amide bonds. The molecule has 0 heterocycles. The Morgan fingerprint density at radius 3 is 1.76 bits per heavy atom. The minimum Gasteiger partial charge on any atom is -0.461 e. The molecular formula is C35H34NO9P. The summed E-state index contributed by atoms with van der Waals surface area (Å²) in [6.07, 6.45) is -1.58. The minimum absolute atomic E-state index is 0.0372. The first-order chi connectivity index (χ1) is 22.3. The van der Waals surface area contributed by atoms with E-state index in [-0.39, 0.29) is 50.6 Å². The Bertz CT molecular complexity index is 1630. The van der Waals surface area contributed by atoms with Crippen LogP contribution >= 0.6 is 7.37 Å². The maximum atomic E-state index is 13.5. The first-order valence-corrected chi connectivity index (χ1v) is 16.4. The first kappa shape index (κ1) is 33.7. The van der Waals surface area contributed by atoms with Crippen LogP contribution in [0.25, 0.3) is 0 Å². The summed E-state index contributed by atoms with van der Waals surface area (Å²) in [5.41, 5.74) is 2.85. The average molecular weight is 644 g/mol. The van der Waals surface area contributed by atoms with Gasteiger partial charge in [-0.1, -0.05) is 103 Å².